The number of anilines is 1. The van der Waals surface area contributed by atoms with Crippen LogP contribution in [-0.2, 0) is 16.4 Å². The SMILES string of the molecule is CCCc1ccc(Oc2cccc(S(N)(=O)=O)c2N)cc1. The molecule has 6 heteroatoms. The summed E-state index contributed by atoms with van der Waals surface area (Å²) in [6.45, 7) is 2.11. The minimum Gasteiger partial charge on any atom is -0.455 e. The predicted molar refractivity (Wildman–Crippen MR) is 82.7 cm³/mol. The summed E-state index contributed by atoms with van der Waals surface area (Å²) < 4.78 is 28.5. The fraction of sp³-hybridized carbons (Fsp3) is 0.200. The lowest BCUT2D eigenvalue weighted by molar-refractivity contribution is 0.483. The fourth-order valence-corrected chi connectivity index (χ4v) is 2.68. The lowest BCUT2D eigenvalue weighted by Gasteiger charge is -2.11. The summed E-state index contributed by atoms with van der Waals surface area (Å²) in [5, 5.41) is 5.11. The molecular weight excluding hydrogens is 288 g/mol. The number of para-hydroxylation sites is 1. The highest BCUT2D eigenvalue weighted by molar-refractivity contribution is 7.89. The van der Waals surface area contributed by atoms with Crippen LogP contribution in [0, 0.1) is 0 Å². The van der Waals surface area contributed by atoms with E-state index < -0.39 is 10.0 Å². The van der Waals surface area contributed by atoms with Gasteiger partial charge in [0.25, 0.3) is 0 Å². The summed E-state index contributed by atoms with van der Waals surface area (Å²) in [6, 6.07) is 12.1. The van der Waals surface area contributed by atoms with Gasteiger partial charge in [0.05, 0.1) is 5.69 Å². The van der Waals surface area contributed by atoms with Crippen molar-refractivity contribution in [3.8, 4) is 11.5 Å². The number of sulfonamides is 1. The molecule has 0 amide bonds. The Labute approximate surface area is 124 Å². The maximum atomic E-state index is 11.4. The number of aryl methyl sites for hydroxylation is 1. The van der Waals surface area contributed by atoms with Gasteiger partial charge in [0.15, 0.2) is 5.75 Å². The number of ether oxygens (including phenoxy) is 1. The zero-order valence-corrected chi connectivity index (χ0v) is 12.6. The van der Waals surface area contributed by atoms with Crippen molar-refractivity contribution in [2.24, 2.45) is 5.14 Å². The Balaban J connectivity index is 2.28. The Hall–Kier alpha value is -2.05. The number of nitrogen functional groups attached to an aromatic ring is 1. The summed E-state index contributed by atoms with van der Waals surface area (Å²) in [7, 11) is -3.87. The van der Waals surface area contributed by atoms with Gasteiger partial charge in [-0.2, -0.15) is 0 Å². The van der Waals surface area contributed by atoms with Gasteiger partial charge in [0.2, 0.25) is 10.0 Å². The quantitative estimate of drug-likeness (QED) is 0.830. The molecule has 5 nitrogen and oxygen atoms in total. The number of hydrogen-bond donors (Lipinski definition) is 2. The molecule has 2 aromatic rings. The van der Waals surface area contributed by atoms with Crippen molar-refractivity contribution in [1.82, 2.24) is 0 Å². The fourth-order valence-electron chi connectivity index (χ4n) is 2.00. The van der Waals surface area contributed by atoms with Gasteiger partial charge >= 0.3 is 0 Å². The first-order valence-electron chi connectivity index (χ1n) is 6.60. The van der Waals surface area contributed by atoms with Crippen LogP contribution in [0.3, 0.4) is 0 Å². The van der Waals surface area contributed by atoms with E-state index in [0.717, 1.165) is 12.8 Å². The molecule has 0 heterocycles. The Morgan fingerprint density at radius 1 is 1.10 bits per heavy atom. The lowest BCUT2D eigenvalue weighted by Crippen LogP contribution is -2.14. The summed E-state index contributed by atoms with van der Waals surface area (Å²) in [6.07, 6.45) is 2.08. The van der Waals surface area contributed by atoms with Crippen LogP contribution in [0.5, 0.6) is 11.5 Å². The monoisotopic (exact) mass is 306 g/mol. The highest BCUT2D eigenvalue weighted by Gasteiger charge is 2.15. The average Bonchev–Trinajstić information content (AvgIpc) is 2.42. The first-order chi connectivity index (χ1) is 9.91. The van der Waals surface area contributed by atoms with Gasteiger partial charge in [0, 0.05) is 0 Å². The molecule has 4 N–H and O–H groups in total. The van der Waals surface area contributed by atoms with Crippen molar-refractivity contribution >= 4 is 15.7 Å². The normalized spacial score (nSPS) is 11.3. The maximum Gasteiger partial charge on any atom is 0.240 e. The van der Waals surface area contributed by atoms with Gasteiger partial charge in [-0.15, -0.1) is 0 Å². The van der Waals surface area contributed by atoms with Crippen LogP contribution in [0.2, 0.25) is 0 Å². The molecule has 0 unspecified atom stereocenters. The summed E-state index contributed by atoms with van der Waals surface area (Å²) >= 11 is 0. The Kier molecular flexibility index (Phi) is 4.50. The second kappa shape index (κ2) is 6.15. The second-order valence-electron chi connectivity index (χ2n) is 4.71. The minimum absolute atomic E-state index is 0.0117. The molecule has 0 saturated heterocycles. The van der Waals surface area contributed by atoms with Crippen molar-refractivity contribution in [2.75, 3.05) is 5.73 Å². The first-order valence-corrected chi connectivity index (χ1v) is 8.14. The maximum absolute atomic E-state index is 11.4. The zero-order chi connectivity index (χ0) is 15.5. The Bertz CT molecular complexity index is 725. The van der Waals surface area contributed by atoms with Crippen molar-refractivity contribution in [3.05, 3.63) is 48.0 Å². The molecule has 0 aliphatic heterocycles. The third kappa shape index (κ3) is 3.74. The zero-order valence-electron chi connectivity index (χ0n) is 11.7. The molecule has 0 bridgehead atoms. The summed E-state index contributed by atoms with van der Waals surface area (Å²) in [5.74, 6) is 0.859. The molecule has 0 saturated carbocycles. The van der Waals surface area contributed by atoms with Crippen molar-refractivity contribution in [3.63, 3.8) is 0 Å². The Morgan fingerprint density at radius 3 is 2.33 bits per heavy atom. The molecule has 21 heavy (non-hydrogen) atoms. The standard InChI is InChI=1S/C15H18N2O3S/c1-2-4-11-7-9-12(10-8-11)20-13-5-3-6-14(15(13)16)21(17,18)19/h3,5-10H,2,4,16H2,1H3,(H2,17,18,19). The third-order valence-electron chi connectivity index (χ3n) is 3.02. The van der Waals surface area contributed by atoms with Gasteiger partial charge in [-0.1, -0.05) is 31.5 Å². The minimum atomic E-state index is -3.87. The molecule has 2 aromatic carbocycles. The van der Waals surface area contributed by atoms with E-state index in [1.54, 1.807) is 6.07 Å². The topological polar surface area (TPSA) is 95.4 Å². The number of rotatable bonds is 5. The van der Waals surface area contributed by atoms with Gasteiger partial charge in [-0.25, -0.2) is 13.6 Å². The van der Waals surface area contributed by atoms with E-state index in [1.165, 1.54) is 17.7 Å². The molecule has 0 spiro atoms. The van der Waals surface area contributed by atoms with Gasteiger partial charge in [0.1, 0.15) is 10.6 Å². The number of hydrogen-bond acceptors (Lipinski definition) is 4. The van der Waals surface area contributed by atoms with Crippen LogP contribution < -0.4 is 15.6 Å². The van der Waals surface area contributed by atoms with E-state index in [9.17, 15) is 8.42 Å². The van der Waals surface area contributed by atoms with E-state index >= 15 is 0 Å². The van der Waals surface area contributed by atoms with E-state index in [-0.39, 0.29) is 16.3 Å². The van der Waals surface area contributed by atoms with E-state index in [1.807, 2.05) is 24.3 Å². The molecular formula is C15H18N2O3S. The summed E-state index contributed by atoms with van der Waals surface area (Å²) in [4.78, 5) is -0.136. The number of nitrogens with two attached hydrogens (primary N) is 2. The van der Waals surface area contributed by atoms with Crippen LogP contribution in [0.15, 0.2) is 47.4 Å². The summed E-state index contributed by atoms with van der Waals surface area (Å²) in [5.41, 5.74) is 7.04. The first kappa shape index (κ1) is 15.3. The van der Waals surface area contributed by atoms with Crippen LogP contribution in [0.25, 0.3) is 0 Å². The predicted octanol–water partition coefficient (Wildman–Crippen LogP) is 2.66. The number of benzene rings is 2. The molecule has 0 radical (unpaired) electrons. The van der Waals surface area contributed by atoms with Crippen LogP contribution >= 0.6 is 0 Å². The van der Waals surface area contributed by atoms with Gasteiger partial charge in [-0.05, 0) is 36.2 Å². The van der Waals surface area contributed by atoms with Crippen molar-refractivity contribution in [2.45, 2.75) is 24.7 Å². The average molecular weight is 306 g/mol. The van der Waals surface area contributed by atoms with Gasteiger partial charge < -0.3 is 10.5 Å². The van der Waals surface area contributed by atoms with Crippen molar-refractivity contribution in [1.29, 1.82) is 0 Å². The third-order valence-corrected chi connectivity index (χ3v) is 3.99. The molecule has 0 aliphatic rings. The molecule has 0 aromatic heterocycles. The van der Waals surface area contributed by atoms with Gasteiger partial charge in [-0.3, -0.25) is 0 Å². The molecule has 0 fully saturated rings. The highest BCUT2D eigenvalue weighted by Crippen LogP contribution is 2.31. The molecule has 0 aliphatic carbocycles. The van der Waals surface area contributed by atoms with E-state index in [2.05, 4.69) is 6.92 Å². The largest absolute Gasteiger partial charge is 0.455 e. The molecule has 2 rings (SSSR count). The van der Waals surface area contributed by atoms with E-state index in [4.69, 9.17) is 15.6 Å². The lowest BCUT2D eigenvalue weighted by atomic mass is 10.1. The second-order valence-corrected chi connectivity index (χ2v) is 6.24. The smallest absolute Gasteiger partial charge is 0.240 e. The van der Waals surface area contributed by atoms with E-state index in [0.29, 0.717) is 5.75 Å². The van der Waals surface area contributed by atoms with Crippen LogP contribution in [0.4, 0.5) is 5.69 Å². The van der Waals surface area contributed by atoms with Crippen LogP contribution in [-0.4, -0.2) is 8.42 Å². The molecule has 0 atom stereocenters. The van der Waals surface area contributed by atoms with Crippen molar-refractivity contribution < 1.29 is 13.2 Å². The van der Waals surface area contributed by atoms with Crippen LogP contribution in [0.1, 0.15) is 18.9 Å². The Morgan fingerprint density at radius 2 is 1.76 bits per heavy atom. The molecule has 112 valence electrons. The number of primary sulfonamides is 1. The highest BCUT2D eigenvalue weighted by atomic mass is 32.2.